The zero-order valence-electron chi connectivity index (χ0n) is 18.4. The molecule has 1 aliphatic rings. The standard InChI is InChI=1S/C19H28N4O2S.C2H2O4/c1-3-16-5-7-17(8-6-16)25-15-18-20-21-19(23(18)4-2)26-14-11-22-9-12-24-13-10-22;3-1(4)2(5)6/h5-8H,3-4,9-15H2,1-2H3;(H,3,4)(H,5,6). The minimum absolute atomic E-state index is 0.441. The van der Waals surface area contributed by atoms with Gasteiger partial charge in [0.2, 0.25) is 0 Å². The van der Waals surface area contributed by atoms with E-state index < -0.39 is 11.9 Å². The molecule has 176 valence electrons. The molecule has 0 amide bonds. The summed E-state index contributed by atoms with van der Waals surface area (Å²) in [6.45, 7) is 10.4. The Balaban J connectivity index is 0.000000534. The largest absolute Gasteiger partial charge is 0.486 e. The number of thioether (sulfide) groups is 1. The Morgan fingerprint density at radius 1 is 1.09 bits per heavy atom. The van der Waals surface area contributed by atoms with Crippen LogP contribution in [0.25, 0.3) is 0 Å². The molecule has 2 heterocycles. The number of carboxylic acid groups (broad SMARTS) is 2. The van der Waals surface area contributed by atoms with Crippen molar-refractivity contribution in [2.24, 2.45) is 0 Å². The number of aliphatic carboxylic acids is 2. The molecule has 1 aromatic heterocycles. The molecule has 3 rings (SSSR count). The van der Waals surface area contributed by atoms with E-state index in [1.807, 2.05) is 12.1 Å². The number of hydrogen-bond acceptors (Lipinski definition) is 8. The van der Waals surface area contributed by atoms with Crippen LogP contribution in [0.3, 0.4) is 0 Å². The fourth-order valence-electron chi connectivity index (χ4n) is 2.91. The van der Waals surface area contributed by atoms with Gasteiger partial charge in [0.05, 0.1) is 13.2 Å². The summed E-state index contributed by atoms with van der Waals surface area (Å²) in [6.07, 6.45) is 1.04. The summed E-state index contributed by atoms with van der Waals surface area (Å²) >= 11 is 1.76. The number of carboxylic acids is 2. The number of carbonyl (C=O) groups is 2. The van der Waals surface area contributed by atoms with Crippen LogP contribution in [-0.4, -0.2) is 80.4 Å². The average Bonchev–Trinajstić information content (AvgIpc) is 3.20. The molecule has 2 N–H and O–H groups in total. The van der Waals surface area contributed by atoms with Gasteiger partial charge in [-0.05, 0) is 31.0 Å². The van der Waals surface area contributed by atoms with E-state index in [4.69, 9.17) is 29.3 Å². The second-order valence-corrected chi connectivity index (χ2v) is 7.90. The Morgan fingerprint density at radius 2 is 1.75 bits per heavy atom. The minimum Gasteiger partial charge on any atom is -0.486 e. The van der Waals surface area contributed by atoms with Gasteiger partial charge >= 0.3 is 11.9 Å². The first-order valence-electron chi connectivity index (χ1n) is 10.5. The van der Waals surface area contributed by atoms with Gasteiger partial charge in [-0.3, -0.25) is 4.90 Å². The van der Waals surface area contributed by atoms with Crippen LogP contribution < -0.4 is 4.74 Å². The summed E-state index contributed by atoms with van der Waals surface area (Å²) in [5.41, 5.74) is 1.31. The molecule has 0 unspecified atom stereocenters. The molecule has 0 bridgehead atoms. The summed E-state index contributed by atoms with van der Waals surface area (Å²) in [6, 6.07) is 8.24. The molecule has 1 saturated heterocycles. The van der Waals surface area contributed by atoms with Crippen LogP contribution in [0.4, 0.5) is 0 Å². The van der Waals surface area contributed by atoms with E-state index in [1.165, 1.54) is 5.56 Å². The lowest BCUT2D eigenvalue weighted by atomic mass is 10.2. The molecule has 1 aromatic carbocycles. The molecule has 0 atom stereocenters. The first-order valence-corrected chi connectivity index (χ1v) is 11.5. The van der Waals surface area contributed by atoms with Crippen LogP contribution in [0, 0.1) is 0 Å². The molecular formula is C21H30N4O6S. The zero-order chi connectivity index (χ0) is 23.3. The van der Waals surface area contributed by atoms with Gasteiger partial charge in [0.1, 0.15) is 12.4 Å². The fourth-order valence-corrected chi connectivity index (χ4v) is 3.93. The van der Waals surface area contributed by atoms with Gasteiger partial charge in [0.25, 0.3) is 0 Å². The molecule has 0 radical (unpaired) electrons. The Morgan fingerprint density at radius 3 is 2.31 bits per heavy atom. The third kappa shape index (κ3) is 8.48. The van der Waals surface area contributed by atoms with E-state index in [-0.39, 0.29) is 0 Å². The smallest absolute Gasteiger partial charge is 0.414 e. The van der Waals surface area contributed by atoms with Crippen molar-refractivity contribution in [3.8, 4) is 5.75 Å². The van der Waals surface area contributed by atoms with E-state index in [0.29, 0.717) is 6.61 Å². The molecular weight excluding hydrogens is 436 g/mol. The molecule has 32 heavy (non-hydrogen) atoms. The summed E-state index contributed by atoms with van der Waals surface area (Å²) in [5, 5.41) is 24.5. The summed E-state index contributed by atoms with van der Waals surface area (Å²) < 4.78 is 13.4. The minimum atomic E-state index is -1.82. The number of rotatable bonds is 9. The van der Waals surface area contributed by atoms with Crippen LogP contribution in [0.5, 0.6) is 5.75 Å². The van der Waals surface area contributed by atoms with Gasteiger partial charge in [0.15, 0.2) is 11.0 Å². The normalized spacial score (nSPS) is 13.8. The number of ether oxygens (including phenoxy) is 2. The van der Waals surface area contributed by atoms with Crippen LogP contribution in [0.15, 0.2) is 29.4 Å². The molecule has 0 saturated carbocycles. The highest BCUT2D eigenvalue weighted by molar-refractivity contribution is 7.99. The number of aryl methyl sites for hydroxylation is 1. The van der Waals surface area contributed by atoms with Gasteiger partial charge in [-0.15, -0.1) is 10.2 Å². The van der Waals surface area contributed by atoms with Crippen molar-refractivity contribution in [2.45, 2.75) is 38.6 Å². The van der Waals surface area contributed by atoms with Gasteiger partial charge in [-0.2, -0.15) is 0 Å². The van der Waals surface area contributed by atoms with Crippen molar-refractivity contribution in [3.63, 3.8) is 0 Å². The first-order chi connectivity index (χ1) is 15.4. The van der Waals surface area contributed by atoms with Crippen LogP contribution in [0.1, 0.15) is 25.2 Å². The summed E-state index contributed by atoms with van der Waals surface area (Å²) in [5.74, 6) is -0.891. The lowest BCUT2D eigenvalue weighted by Crippen LogP contribution is -2.37. The lowest BCUT2D eigenvalue weighted by molar-refractivity contribution is -0.159. The maximum atomic E-state index is 9.10. The van der Waals surface area contributed by atoms with Gasteiger partial charge < -0.3 is 24.3 Å². The molecule has 11 heteroatoms. The Kier molecular flexibility index (Phi) is 11.0. The Bertz CT molecular complexity index is 840. The second kappa shape index (κ2) is 13.7. The van der Waals surface area contributed by atoms with Crippen molar-refractivity contribution >= 4 is 23.7 Å². The highest BCUT2D eigenvalue weighted by atomic mass is 32.2. The van der Waals surface area contributed by atoms with E-state index in [9.17, 15) is 0 Å². The van der Waals surface area contributed by atoms with Crippen molar-refractivity contribution in [3.05, 3.63) is 35.7 Å². The lowest BCUT2D eigenvalue weighted by Gasteiger charge is -2.26. The molecule has 0 spiro atoms. The molecule has 1 aliphatic heterocycles. The predicted octanol–water partition coefficient (Wildman–Crippen LogP) is 2.02. The third-order valence-electron chi connectivity index (χ3n) is 4.73. The SMILES string of the molecule is CCc1ccc(OCc2nnc(SCCN3CCOCC3)n2CC)cc1.O=C(O)C(=O)O. The fraction of sp³-hybridized carbons (Fsp3) is 0.524. The van der Waals surface area contributed by atoms with Crippen LogP contribution in [0.2, 0.25) is 0 Å². The van der Waals surface area contributed by atoms with Crippen molar-refractivity contribution < 1.29 is 29.3 Å². The molecule has 1 fully saturated rings. The quantitative estimate of drug-likeness (QED) is 0.418. The predicted molar refractivity (Wildman–Crippen MR) is 119 cm³/mol. The maximum absolute atomic E-state index is 9.10. The maximum Gasteiger partial charge on any atom is 0.414 e. The Hall–Kier alpha value is -2.63. The topological polar surface area (TPSA) is 127 Å². The molecule has 0 aliphatic carbocycles. The van der Waals surface area contributed by atoms with Gasteiger partial charge in [0, 0.05) is 31.9 Å². The number of hydrogen-bond donors (Lipinski definition) is 2. The van der Waals surface area contributed by atoms with Gasteiger partial charge in [-0.1, -0.05) is 30.8 Å². The number of benzene rings is 1. The van der Waals surface area contributed by atoms with Crippen molar-refractivity contribution in [1.82, 2.24) is 19.7 Å². The highest BCUT2D eigenvalue weighted by Gasteiger charge is 2.14. The highest BCUT2D eigenvalue weighted by Crippen LogP contribution is 2.19. The zero-order valence-corrected chi connectivity index (χ0v) is 19.2. The van der Waals surface area contributed by atoms with E-state index in [0.717, 1.165) is 68.3 Å². The second-order valence-electron chi connectivity index (χ2n) is 6.84. The summed E-state index contributed by atoms with van der Waals surface area (Å²) in [7, 11) is 0. The number of aromatic nitrogens is 3. The van der Waals surface area contributed by atoms with Gasteiger partial charge in [-0.25, -0.2) is 9.59 Å². The molecule has 10 nitrogen and oxygen atoms in total. The first kappa shape index (κ1) is 25.6. The summed E-state index contributed by atoms with van der Waals surface area (Å²) in [4.78, 5) is 20.6. The Labute approximate surface area is 191 Å². The average molecular weight is 467 g/mol. The number of morpholine rings is 1. The molecule has 2 aromatic rings. The van der Waals surface area contributed by atoms with Crippen LogP contribution >= 0.6 is 11.8 Å². The number of nitrogens with zero attached hydrogens (tertiary/aromatic N) is 4. The van der Waals surface area contributed by atoms with Crippen molar-refractivity contribution in [1.29, 1.82) is 0 Å². The van der Waals surface area contributed by atoms with Crippen LogP contribution in [-0.2, 0) is 33.9 Å². The van der Waals surface area contributed by atoms with E-state index >= 15 is 0 Å². The van der Waals surface area contributed by atoms with Crippen molar-refractivity contribution in [2.75, 3.05) is 38.6 Å². The van der Waals surface area contributed by atoms with E-state index in [2.05, 4.69) is 45.6 Å². The monoisotopic (exact) mass is 466 g/mol. The third-order valence-corrected chi connectivity index (χ3v) is 5.68. The van der Waals surface area contributed by atoms with E-state index in [1.54, 1.807) is 11.8 Å².